The van der Waals surface area contributed by atoms with Crippen LogP contribution in [0.3, 0.4) is 0 Å². The average molecular weight is 233 g/mol. The van der Waals surface area contributed by atoms with Gasteiger partial charge in [-0.1, -0.05) is 0 Å². The molecular formula is C12H27NO3. The molecule has 0 aliphatic rings. The second kappa shape index (κ2) is 11.3. The van der Waals surface area contributed by atoms with Gasteiger partial charge in [-0.3, -0.25) is 4.90 Å². The maximum atomic E-state index is 5.54. The molecule has 0 aromatic carbocycles. The molecule has 0 amide bonds. The number of hydrogen-bond donors (Lipinski definition) is 0. The number of ether oxygens (including phenoxy) is 3. The molecule has 16 heavy (non-hydrogen) atoms. The van der Waals surface area contributed by atoms with Crippen LogP contribution in [0.15, 0.2) is 0 Å². The monoisotopic (exact) mass is 233 g/mol. The molecule has 0 heterocycles. The third-order valence-electron chi connectivity index (χ3n) is 2.23. The molecule has 0 unspecified atom stereocenters. The summed E-state index contributed by atoms with van der Waals surface area (Å²) in [5.74, 6) is 0. The SMILES string of the molecule is CCOCCN(CCOC)CCOC(C)C. The lowest BCUT2D eigenvalue weighted by atomic mass is 10.4. The summed E-state index contributed by atoms with van der Waals surface area (Å²) >= 11 is 0. The normalized spacial score (nSPS) is 11.6. The minimum Gasteiger partial charge on any atom is -0.383 e. The molecule has 0 atom stereocenters. The lowest BCUT2D eigenvalue weighted by Crippen LogP contribution is -2.34. The van der Waals surface area contributed by atoms with Gasteiger partial charge in [0.1, 0.15) is 0 Å². The van der Waals surface area contributed by atoms with E-state index in [1.807, 2.05) is 6.92 Å². The minimum atomic E-state index is 0.302. The summed E-state index contributed by atoms with van der Waals surface area (Å²) in [5, 5.41) is 0. The highest BCUT2D eigenvalue weighted by atomic mass is 16.5. The highest BCUT2D eigenvalue weighted by Gasteiger charge is 2.04. The van der Waals surface area contributed by atoms with E-state index >= 15 is 0 Å². The van der Waals surface area contributed by atoms with E-state index in [0.717, 1.165) is 46.1 Å². The maximum absolute atomic E-state index is 5.54. The zero-order valence-electron chi connectivity index (χ0n) is 11.2. The third kappa shape index (κ3) is 10.4. The van der Waals surface area contributed by atoms with Gasteiger partial charge in [-0.25, -0.2) is 0 Å². The molecule has 4 heteroatoms. The Morgan fingerprint density at radius 3 is 2.19 bits per heavy atom. The van der Waals surface area contributed by atoms with Crippen molar-refractivity contribution in [3.63, 3.8) is 0 Å². The van der Waals surface area contributed by atoms with Crippen molar-refractivity contribution in [3.8, 4) is 0 Å². The summed E-state index contributed by atoms with van der Waals surface area (Å²) in [4.78, 5) is 2.31. The lowest BCUT2D eigenvalue weighted by molar-refractivity contribution is 0.0411. The summed E-state index contributed by atoms with van der Waals surface area (Å²) in [7, 11) is 1.73. The van der Waals surface area contributed by atoms with Gasteiger partial charge in [0.2, 0.25) is 0 Å². The van der Waals surface area contributed by atoms with E-state index in [4.69, 9.17) is 14.2 Å². The first kappa shape index (κ1) is 15.8. The number of hydrogen-bond acceptors (Lipinski definition) is 4. The van der Waals surface area contributed by atoms with Crippen molar-refractivity contribution in [3.05, 3.63) is 0 Å². The Hall–Kier alpha value is -0.160. The Morgan fingerprint density at radius 2 is 1.62 bits per heavy atom. The molecule has 0 aliphatic carbocycles. The largest absolute Gasteiger partial charge is 0.383 e. The molecule has 0 saturated carbocycles. The summed E-state index contributed by atoms with van der Waals surface area (Å²) in [5.41, 5.74) is 0. The highest BCUT2D eigenvalue weighted by Crippen LogP contribution is 1.93. The number of nitrogens with zero attached hydrogens (tertiary/aromatic N) is 1. The van der Waals surface area contributed by atoms with Gasteiger partial charge in [-0.05, 0) is 20.8 Å². The number of rotatable bonds is 11. The van der Waals surface area contributed by atoms with Gasteiger partial charge in [0.05, 0.1) is 25.9 Å². The van der Waals surface area contributed by atoms with E-state index in [0.29, 0.717) is 6.10 Å². The standard InChI is InChI=1S/C12H27NO3/c1-5-15-10-7-13(6-9-14-4)8-11-16-12(2)3/h12H,5-11H2,1-4H3. The van der Waals surface area contributed by atoms with Crippen LogP contribution in [-0.2, 0) is 14.2 Å². The van der Waals surface area contributed by atoms with Crippen molar-refractivity contribution in [2.75, 3.05) is 53.2 Å². The molecule has 0 aromatic rings. The first-order valence-electron chi connectivity index (χ1n) is 6.11. The van der Waals surface area contributed by atoms with Crippen molar-refractivity contribution >= 4 is 0 Å². The van der Waals surface area contributed by atoms with Crippen LogP contribution in [-0.4, -0.2) is 64.2 Å². The smallest absolute Gasteiger partial charge is 0.0596 e. The Kier molecular flexibility index (Phi) is 11.2. The van der Waals surface area contributed by atoms with Crippen LogP contribution in [0, 0.1) is 0 Å². The molecule has 4 nitrogen and oxygen atoms in total. The molecule has 0 rings (SSSR count). The Morgan fingerprint density at radius 1 is 1.00 bits per heavy atom. The quantitative estimate of drug-likeness (QED) is 0.505. The molecule has 0 saturated heterocycles. The molecule has 0 aromatic heterocycles. The van der Waals surface area contributed by atoms with Crippen molar-refractivity contribution in [1.82, 2.24) is 4.90 Å². The van der Waals surface area contributed by atoms with Crippen molar-refractivity contribution < 1.29 is 14.2 Å². The molecule has 0 radical (unpaired) electrons. The van der Waals surface area contributed by atoms with Gasteiger partial charge in [0.15, 0.2) is 0 Å². The fourth-order valence-electron chi connectivity index (χ4n) is 1.31. The van der Waals surface area contributed by atoms with Gasteiger partial charge >= 0.3 is 0 Å². The molecule has 98 valence electrons. The summed E-state index contributed by atoms with van der Waals surface area (Å²) < 4.78 is 16.0. The first-order chi connectivity index (χ1) is 7.70. The second-order valence-electron chi connectivity index (χ2n) is 3.95. The van der Waals surface area contributed by atoms with E-state index in [9.17, 15) is 0 Å². The van der Waals surface area contributed by atoms with Crippen molar-refractivity contribution in [2.45, 2.75) is 26.9 Å². The van der Waals surface area contributed by atoms with Crippen LogP contribution >= 0.6 is 0 Å². The fourth-order valence-corrected chi connectivity index (χ4v) is 1.31. The molecular weight excluding hydrogens is 206 g/mol. The van der Waals surface area contributed by atoms with Crippen LogP contribution in [0.5, 0.6) is 0 Å². The van der Waals surface area contributed by atoms with E-state index in [1.165, 1.54) is 0 Å². The maximum Gasteiger partial charge on any atom is 0.0596 e. The number of methoxy groups -OCH3 is 1. The van der Waals surface area contributed by atoms with Gasteiger partial charge in [-0.2, -0.15) is 0 Å². The van der Waals surface area contributed by atoms with Crippen LogP contribution in [0.25, 0.3) is 0 Å². The molecule has 0 fully saturated rings. The molecule has 0 spiro atoms. The second-order valence-corrected chi connectivity index (χ2v) is 3.95. The summed E-state index contributed by atoms with van der Waals surface area (Å²) in [6.45, 7) is 12.0. The topological polar surface area (TPSA) is 30.9 Å². The first-order valence-corrected chi connectivity index (χ1v) is 6.11. The Bertz CT molecular complexity index is 142. The molecule has 0 aliphatic heterocycles. The summed E-state index contributed by atoms with van der Waals surface area (Å²) in [6, 6.07) is 0. The van der Waals surface area contributed by atoms with E-state index < -0.39 is 0 Å². The Labute approximate surface area is 99.9 Å². The predicted octanol–water partition coefficient (Wildman–Crippen LogP) is 1.40. The van der Waals surface area contributed by atoms with Crippen LogP contribution in [0.1, 0.15) is 20.8 Å². The molecule has 0 N–H and O–H groups in total. The van der Waals surface area contributed by atoms with Crippen LogP contribution in [0.2, 0.25) is 0 Å². The van der Waals surface area contributed by atoms with E-state index in [1.54, 1.807) is 7.11 Å². The van der Waals surface area contributed by atoms with Crippen LogP contribution in [0.4, 0.5) is 0 Å². The third-order valence-corrected chi connectivity index (χ3v) is 2.23. The van der Waals surface area contributed by atoms with E-state index in [2.05, 4.69) is 18.7 Å². The summed E-state index contributed by atoms with van der Waals surface area (Å²) in [6.07, 6.45) is 0.302. The fraction of sp³-hybridized carbons (Fsp3) is 1.00. The van der Waals surface area contributed by atoms with Crippen molar-refractivity contribution in [2.24, 2.45) is 0 Å². The average Bonchev–Trinajstić information content (AvgIpc) is 2.25. The van der Waals surface area contributed by atoms with E-state index in [-0.39, 0.29) is 0 Å². The van der Waals surface area contributed by atoms with Gasteiger partial charge < -0.3 is 14.2 Å². The van der Waals surface area contributed by atoms with Gasteiger partial charge in [-0.15, -0.1) is 0 Å². The molecule has 0 bridgehead atoms. The Balaban J connectivity index is 3.62. The van der Waals surface area contributed by atoms with Crippen LogP contribution < -0.4 is 0 Å². The van der Waals surface area contributed by atoms with Crippen molar-refractivity contribution in [1.29, 1.82) is 0 Å². The van der Waals surface area contributed by atoms with Gasteiger partial charge in [0, 0.05) is 33.4 Å². The van der Waals surface area contributed by atoms with Gasteiger partial charge in [0.25, 0.3) is 0 Å². The highest BCUT2D eigenvalue weighted by molar-refractivity contribution is 4.57. The zero-order valence-corrected chi connectivity index (χ0v) is 11.2. The minimum absolute atomic E-state index is 0.302. The zero-order chi connectivity index (χ0) is 12.2. The lowest BCUT2D eigenvalue weighted by Gasteiger charge is -2.22. The predicted molar refractivity (Wildman–Crippen MR) is 65.9 cm³/mol.